The van der Waals surface area contributed by atoms with Crippen molar-refractivity contribution in [3.63, 3.8) is 0 Å². The van der Waals surface area contributed by atoms with Crippen molar-refractivity contribution in [3.05, 3.63) is 87.3 Å². The molecule has 41 heavy (non-hydrogen) atoms. The van der Waals surface area contributed by atoms with Crippen molar-refractivity contribution in [3.8, 4) is 6.07 Å². The summed E-state index contributed by atoms with van der Waals surface area (Å²) in [4.78, 5) is 21.9. The van der Waals surface area contributed by atoms with Gasteiger partial charge in [0, 0.05) is 22.5 Å². The first kappa shape index (κ1) is 30.8. The maximum atomic E-state index is 15.7. The summed E-state index contributed by atoms with van der Waals surface area (Å²) in [6.07, 6.45) is 1.46. The summed E-state index contributed by atoms with van der Waals surface area (Å²) >= 11 is 12.2. The fourth-order valence-corrected chi connectivity index (χ4v) is 5.77. The molecule has 0 radical (unpaired) electrons. The molecule has 12 heteroatoms. The second kappa shape index (κ2) is 12.0. The Morgan fingerprint density at radius 2 is 1.95 bits per heavy atom. The van der Waals surface area contributed by atoms with Gasteiger partial charge in [0.25, 0.3) is 0 Å². The summed E-state index contributed by atoms with van der Waals surface area (Å²) in [5.74, 6) is -3.50. The number of hydrogen-bond donors (Lipinski definition) is 4. The number of rotatable bonds is 7. The zero-order chi connectivity index (χ0) is 30.1. The summed E-state index contributed by atoms with van der Waals surface area (Å²) in [7, 11) is 0. The number of anilines is 1. The average molecular weight is 604 g/mol. The Morgan fingerprint density at radius 3 is 2.54 bits per heavy atom. The summed E-state index contributed by atoms with van der Waals surface area (Å²) in [6, 6.07) is 8.44. The predicted molar refractivity (Wildman–Crippen MR) is 150 cm³/mol. The molecule has 0 bridgehead atoms. The quantitative estimate of drug-likeness (QED) is 0.297. The first-order valence-corrected chi connectivity index (χ1v) is 13.6. The van der Waals surface area contributed by atoms with E-state index in [-0.39, 0.29) is 38.1 Å². The molecule has 0 aliphatic carbocycles. The summed E-state index contributed by atoms with van der Waals surface area (Å²) in [5, 5.41) is 35.5. The molecule has 4 unspecified atom stereocenters. The van der Waals surface area contributed by atoms with Crippen LogP contribution < -0.4 is 10.6 Å². The molecule has 216 valence electrons. The third kappa shape index (κ3) is 6.05. The molecule has 4 N–H and O–H groups in total. The van der Waals surface area contributed by atoms with Crippen molar-refractivity contribution in [1.29, 1.82) is 5.26 Å². The molecule has 3 aromatic rings. The lowest BCUT2D eigenvalue weighted by atomic mass is 9.62. The number of aliphatic hydroxyl groups excluding tert-OH is 2. The van der Waals surface area contributed by atoms with E-state index in [2.05, 4.69) is 26.7 Å². The number of amides is 1. The lowest BCUT2D eigenvalue weighted by molar-refractivity contribution is -0.118. The van der Waals surface area contributed by atoms with Gasteiger partial charge < -0.3 is 20.8 Å². The molecule has 1 aliphatic rings. The van der Waals surface area contributed by atoms with Crippen LogP contribution in [0.25, 0.3) is 0 Å². The molecular formula is C29H29Cl2F2N5O3. The van der Waals surface area contributed by atoms with Gasteiger partial charge in [-0.1, -0.05) is 62.2 Å². The first-order valence-electron chi connectivity index (χ1n) is 12.8. The van der Waals surface area contributed by atoms with Crippen LogP contribution in [0, 0.1) is 28.4 Å². The van der Waals surface area contributed by atoms with Gasteiger partial charge in [-0.15, -0.1) is 0 Å². The molecule has 0 spiro atoms. The van der Waals surface area contributed by atoms with Gasteiger partial charge in [-0.2, -0.15) is 5.26 Å². The molecule has 1 aliphatic heterocycles. The Balaban J connectivity index is 1.89. The van der Waals surface area contributed by atoms with Gasteiger partial charge in [0.1, 0.15) is 23.2 Å². The first-order chi connectivity index (χ1) is 19.3. The van der Waals surface area contributed by atoms with Gasteiger partial charge in [-0.05, 0) is 35.6 Å². The molecule has 1 saturated heterocycles. The number of carbonyl (C=O) groups is 1. The fourth-order valence-electron chi connectivity index (χ4n) is 5.43. The largest absolute Gasteiger partial charge is 0.393 e. The third-order valence-corrected chi connectivity index (χ3v) is 7.70. The van der Waals surface area contributed by atoms with Crippen molar-refractivity contribution >= 4 is 34.9 Å². The molecular weight excluding hydrogens is 575 g/mol. The van der Waals surface area contributed by atoms with Crippen LogP contribution in [0.5, 0.6) is 0 Å². The Hall–Kier alpha value is -3.20. The van der Waals surface area contributed by atoms with Crippen LogP contribution >= 0.6 is 23.2 Å². The van der Waals surface area contributed by atoms with Crippen LogP contribution in [0.2, 0.25) is 10.0 Å². The van der Waals surface area contributed by atoms with E-state index in [9.17, 15) is 15.2 Å². The number of aliphatic hydroxyl groups is 2. The molecule has 1 aromatic heterocycles. The highest BCUT2D eigenvalue weighted by molar-refractivity contribution is 6.31. The van der Waals surface area contributed by atoms with Crippen molar-refractivity contribution in [1.82, 2.24) is 15.3 Å². The zero-order valence-corrected chi connectivity index (χ0v) is 24.0. The van der Waals surface area contributed by atoms with Crippen molar-refractivity contribution in [2.75, 3.05) is 11.9 Å². The Morgan fingerprint density at radius 1 is 1.22 bits per heavy atom. The lowest BCUT2D eigenvalue weighted by Gasteiger charge is -2.37. The summed E-state index contributed by atoms with van der Waals surface area (Å²) < 4.78 is 31.4. The van der Waals surface area contributed by atoms with E-state index in [4.69, 9.17) is 28.3 Å². The van der Waals surface area contributed by atoms with Gasteiger partial charge in [0.15, 0.2) is 5.82 Å². The Bertz CT molecular complexity index is 1480. The number of carbonyl (C=O) groups excluding carboxylic acids is 1. The molecule has 2 aromatic carbocycles. The van der Waals surface area contributed by atoms with Crippen LogP contribution in [-0.2, 0) is 10.2 Å². The number of hydrogen-bond acceptors (Lipinski definition) is 7. The van der Waals surface area contributed by atoms with Gasteiger partial charge in [-0.25, -0.2) is 13.8 Å². The van der Waals surface area contributed by atoms with E-state index in [0.29, 0.717) is 6.42 Å². The highest BCUT2D eigenvalue weighted by Crippen LogP contribution is 2.52. The number of benzene rings is 2. The summed E-state index contributed by atoms with van der Waals surface area (Å²) in [6.45, 7) is 5.26. The van der Waals surface area contributed by atoms with Gasteiger partial charge in [0.2, 0.25) is 5.91 Å². The highest BCUT2D eigenvalue weighted by Gasteiger charge is 2.61. The fraction of sp³-hybridized carbons (Fsp3) is 0.379. The monoisotopic (exact) mass is 603 g/mol. The molecule has 1 amide bonds. The number of nitriles is 1. The second-order valence-electron chi connectivity index (χ2n) is 11.2. The molecule has 4 rings (SSSR count). The number of aromatic nitrogens is 2. The Kier molecular flexibility index (Phi) is 8.97. The second-order valence-corrected chi connectivity index (χ2v) is 12.0. The van der Waals surface area contributed by atoms with Crippen LogP contribution in [-0.4, -0.2) is 44.8 Å². The topological polar surface area (TPSA) is 131 Å². The summed E-state index contributed by atoms with van der Waals surface area (Å²) in [5.41, 5.74) is -2.13. The van der Waals surface area contributed by atoms with Crippen molar-refractivity contribution in [2.24, 2.45) is 5.41 Å². The van der Waals surface area contributed by atoms with E-state index in [1.54, 1.807) is 0 Å². The van der Waals surface area contributed by atoms with Gasteiger partial charge >= 0.3 is 0 Å². The molecule has 8 nitrogen and oxygen atoms in total. The molecule has 2 heterocycles. The molecule has 1 fully saturated rings. The SMILES string of the molecule is CC(C)(C)CC1NC(C(=O)Nc2cnc([C@H](O)CO)cn2)C(c2cccc(Cl)c2F)C1(C#N)c1ccc(Cl)cc1F. The van der Waals surface area contributed by atoms with Crippen LogP contribution in [0.4, 0.5) is 14.6 Å². The molecule has 5 atom stereocenters. The standard InChI is InChI=1S/C29H29Cl2F2N5O3/c1-28(2,3)10-22-29(14-34,17-8-7-15(30)9-19(17)32)24(16-5-4-6-18(31)25(16)33)26(37-22)27(41)38-23-12-35-20(11-36-23)21(40)13-39/h4-9,11-12,21-22,24,26,37,39-40H,10,13H2,1-3H3,(H,36,38,41)/t21-,22?,24?,26?,29?/m1/s1. The van der Waals surface area contributed by atoms with E-state index >= 15 is 8.78 Å². The van der Waals surface area contributed by atoms with E-state index in [0.717, 1.165) is 6.07 Å². The van der Waals surface area contributed by atoms with Gasteiger partial charge in [0.05, 0.1) is 41.8 Å². The number of nitrogens with one attached hydrogen (secondary N) is 2. The van der Waals surface area contributed by atoms with Crippen molar-refractivity contribution < 1.29 is 23.8 Å². The third-order valence-electron chi connectivity index (χ3n) is 7.17. The minimum Gasteiger partial charge on any atom is -0.393 e. The predicted octanol–water partition coefficient (Wildman–Crippen LogP) is 5.05. The highest BCUT2D eigenvalue weighted by atomic mass is 35.5. The smallest absolute Gasteiger partial charge is 0.243 e. The van der Waals surface area contributed by atoms with Crippen LogP contribution in [0.1, 0.15) is 56.0 Å². The Labute approximate surface area is 246 Å². The normalized spacial score (nSPS) is 23.2. The van der Waals surface area contributed by atoms with E-state index in [1.165, 1.54) is 42.7 Å². The van der Waals surface area contributed by atoms with E-state index in [1.807, 2.05) is 20.8 Å². The van der Waals surface area contributed by atoms with Crippen molar-refractivity contribution in [2.45, 2.75) is 56.7 Å². The molecule has 0 saturated carbocycles. The van der Waals surface area contributed by atoms with E-state index < -0.39 is 53.7 Å². The average Bonchev–Trinajstić information content (AvgIpc) is 3.23. The van der Waals surface area contributed by atoms with Gasteiger partial charge in [-0.3, -0.25) is 9.78 Å². The maximum Gasteiger partial charge on any atom is 0.243 e. The minimum absolute atomic E-state index is 0.00973. The van der Waals surface area contributed by atoms with Crippen LogP contribution in [0.3, 0.4) is 0 Å². The minimum atomic E-state index is -1.77. The lowest BCUT2D eigenvalue weighted by Crippen LogP contribution is -2.45. The number of nitrogens with zero attached hydrogens (tertiary/aromatic N) is 3. The maximum absolute atomic E-state index is 15.7. The van der Waals surface area contributed by atoms with Crippen LogP contribution in [0.15, 0.2) is 48.8 Å². The number of halogens is 4. The zero-order valence-electron chi connectivity index (χ0n) is 22.5.